The number of thioether (sulfide) groups is 1. The van der Waals surface area contributed by atoms with E-state index < -0.39 is 0 Å². The van der Waals surface area contributed by atoms with Crippen LogP contribution < -0.4 is 0 Å². The van der Waals surface area contributed by atoms with Gasteiger partial charge in [-0.3, -0.25) is 14.5 Å². The van der Waals surface area contributed by atoms with Gasteiger partial charge in [0.1, 0.15) is 0 Å². The molecule has 1 aromatic heterocycles. The maximum atomic E-state index is 12.6. The van der Waals surface area contributed by atoms with Crippen molar-refractivity contribution in [3.05, 3.63) is 22.5 Å². The Morgan fingerprint density at radius 1 is 1.27 bits per heavy atom. The minimum atomic E-state index is 0.0394. The molecule has 6 nitrogen and oxygen atoms in total. The predicted octanol–water partition coefficient (Wildman–Crippen LogP) is 1.11. The number of aromatic amines is 1. The number of nitrogens with one attached hydrogen (secondary N) is 1. The number of ether oxygens (including phenoxy) is 1. The molecule has 3 rings (SSSR count). The molecule has 2 aliphatic rings. The van der Waals surface area contributed by atoms with E-state index in [1.54, 1.807) is 11.8 Å². The molecule has 0 radical (unpaired) electrons. The van der Waals surface area contributed by atoms with Crippen LogP contribution in [0.4, 0.5) is 0 Å². The topological polar surface area (TPSA) is 65.6 Å². The van der Waals surface area contributed by atoms with Gasteiger partial charge < -0.3 is 14.6 Å². The quantitative estimate of drug-likeness (QED) is 0.823. The number of H-pyrrole nitrogens is 1. The van der Waals surface area contributed by atoms with E-state index in [2.05, 4.69) is 9.88 Å². The van der Waals surface area contributed by atoms with Gasteiger partial charge in [0.05, 0.1) is 30.3 Å². The molecule has 0 aliphatic carbocycles. The summed E-state index contributed by atoms with van der Waals surface area (Å²) in [5.74, 6) is 1.65. The molecule has 1 saturated heterocycles. The number of aldehydes is 1. The van der Waals surface area contributed by atoms with Gasteiger partial charge in [-0.05, 0) is 12.5 Å². The van der Waals surface area contributed by atoms with E-state index in [9.17, 15) is 9.59 Å². The third-order valence-corrected chi connectivity index (χ3v) is 5.28. The van der Waals surface area contributed by atoms with E-state index in [0.29, 0.717) is 23.7 Å². The average molecular weight is 323 g/mol. The summed E-state index contributed by atoms with van der Waals surface area (Å²) in [6.07, 6.45) is 1.58. The summed E-state index contributed by atoms with van der Waals surface area (Å²) in [6, 6.07) is 0. The molecular weight excluding hydrogens is 302 g/mol. The zero-order valence-electron chi connectivity index (χ0n) is 12.8. The van der Waals surface area contributed by atoms with Crippen molar-refractivity contribution in [1.82, 2.24) is 14.8 Å². The predicted molar refractivity (Wildman–Crippen MR) is 85.4 cm³/mol. The van der Waals surface area contributed by atoms with Crippen LogP contribution >= 0.6 is 11.8 Å². The summed E-state index contributed by atoms with van der Waals surface area (Å²) in [5.41, 5.74) is 2.90. The zero-order valence-corrected chi connectivity index (χ0v) is 13.6. The molecule has 1 aromatic rings. The second-order valence-electron chi connectivity index (χ2n) is 5.65. The summed E-state index contributed by atoms with van der Waals surface area (Å²) >= 11 is 1.76. The van der Waals surface area contributed by atoms with E-state index in [0.717, 1.165) is 56.1 Å². The molecule has 7 heteroatoms. The first-order valence-corrected chi connectivity index (χ1v) is 8.70. The molecule has 2 aliphatic heterocycles. The first-order valence-electron chi connectivity index (χ1n) is 7.54. The Hall–Kier alpha value is -1.31. The molecule has 0 bridgehead atoms. The van der Waals surface area contributed by atoms with Gasteiger partial charge in [-0.25, -0.2) is 0 Å². The highest BCUT2D eigenvalue weighted by atomic mass is 32.2. The lowest BCUT2D eigenvalue weighted by molar-refractivity contribution is 0.0472. The highest BCUT2D eigenvalue weighted by Crippen LogP contribution is 2.25. The summed E-state index contributed by atoms with van der Waals surface area (Å²) in [5, 5.41) is 0. The largest absolute Gasteiger partial charge is 0.379 e. The lowest BCUT2D eigenvalue weighted by Gasteiger charge is -2.29. The monoisotopic (exact) mass is 323 g/mol. The Bertz CT molecular complexity index is 567. The maximum absolute atomic E-state index is 12.6. The van der Waals surface area contributed by atoms with E-state index in [-0.39, 0.29) is 5.91 Å². The number of amides is 1. The van der Waals surface area contributed by atoms with Crippen molar-refractivity contribution < 1.29 is 14.3 Å². The highest BCUT2D eigenvalue weighted by Gasteiger charge is 2.29. The fourth-order valence-corrected chi connectivity index (χ4v) is 3.98. The average Bonchev–Trinajstić information content (AvgIpc) is 2.87. The molecule has 0 unspecified atom stereocenters. The van der Waals surface area contributed by atoms with Crippen LogP contribution in [0, 0.1) is 6.92 Å². The third kappa shape index (κ3) is 3.06. The van der Waals surface area contributed by atoms with Gasteiger partial charge in [0.25, 0.3) is 5.91 Å². The minimum Gasteiger partial charge on any atom is -0.379 e. The van der Waals surface area contributed by atoms with Gasteiger partial charge >= 0.3 is 0 Å². The van der Waals surface area contributed by atoms with Crippen molar-refractivity contribution in [3.8, 4) is 0 Å². The number of hydrogen-bond acceptors (Lipinski definition) is 5. The lowest BCUT2D eigenvalue weighted by Crippen LogP contribution is -2.39. The van der Waals surface area contributed by atoms with Crippen LogP contribution in [0.2, 0.25) is 0 Å². The van der Waals surface area contributed by atoms with Crippen LogP contribution in [0.25, 0.3) is 0 Å². The van der Waals surface area contributed by atoms with Gasteiger partial charge in [-0.1, -0.05) is 0 Å². The number of hydrogen-bond donors (Lipinski definition) is 1. The first kappa shape index (κ1) is 15.6. The van der Waals surface area contributed by atoms with Crippen molar-refractivity contribution in [1.29, 1.82) is 0 Å². The smallest absolute Gasteiger partial charge is 0.256 e. The molecule has 0 saturated carbocycles. The number of carbonyl (C=O) groups is 2. The molecule has 3 heterocycles. The van der Waals surface area contributed by atoms with Crippen LogP contribution in [-0.4, -0.2) is 71.6 Å². The normalized spacial score (nSPS) is 19.3. The summed E-state index contributed by atoms with van der Waals surface area (Å²) in [7, 11) is 0. The number of morpholine rings is 1. The molecule has 1 N–H and O–H groups in total. The van der Waals surface area contributed by atoms with E-state index in [4.69, 9.17) is 4.74 Å². The zero-order chi connectivity index (χ0) is 15.5. The molecular formula is C15H21N3O3S. The van der Waals surface area contributed by atoms with Crippen molar-refractivity contribution in [2.24, 2.45) is 0 Å². The third-order valence-electron chi connectivity index (χ3n) is 4.24. The number of rotatable bonds is 5. The Kier molecular flexibility index (Phi) is 4.85. The lowest BCUT2D eigenvalue weighted by atomic mass is 10.0. The van der Waals surface area contributed by atoms with Gasteiger partial charge in [0.2, 0.25) is 0 Å². The van der Waals surface area contributed by atoms with Crippen molar-refractivity contribution in [2.75, 3.05) is 44.6 Å². The van der Waals surface area contributed by atoms with Gasteiger partial charge in [-0.15, -0.1) is 11.8 Å². The second kappa shape index (κ2) is 6.85. The van der Waals surface area contributed by atoms with Crippen molar-refractivity contribution in [3.63, 3.8) is 0 Å². The van der Waals surface area contributed by atoms with E-state index in [1.807, 2.05) is 11.8 Å². The summed E-state index contributed by atoms with van der Waals surface area (Å²) < 4.78 is 5.33. The van der Waals surface area contributed by atoms with Gasteiger partial charge in [-0.2, -0.15) is 0 Å². The van der Waals surface area contributed by atoms with Gasteiger partial charge in [0, 0.05) is 37.6 Å². The first-order chi connectivity index (χ1) is 10.7. The molecule has 1 amide bonds. The molecule has 22 heavy (non-hydrogen) atoms. The van der Waals surface area contributed by atoms with Crippen LogP contribution in [0.3, 0.4) is 0 Å². The fraction of sp³-hybridized carbons (Fsp3) is 0.600. The van der Waals surface area contributed by atoms with Gasteiger partial charge in [0.15, 0.2) is 6.29 Å². The number of fused-ring (bicyclic) bond motifs is 1. The molecule has 120 valence electrons. The van der Waals surface area contributed by atoms with Crippen molar-refractivity contribution in [2.45, 2.75) is 13.3 Å². The van der Waals surface area contributed by atoms with Crippen LogP contribution in [-0.2, 0) is 11.2 Å². The fourth-order valence-electron chi connectivity index (χ4n) is 2.91. The maximum Gasteiger partial charge on any atom is 0.256 e. The van der Waals surface area contributed by atoms with Crippen LogP contribution in [0.1, 0.15) is 32.1 Å². The SMILES string of the molecule is Cc1c(C=O)[nH]c2c1C(=O)N(CSCN1CCOCC1)CC2. The Morgan fingerprint density at radius 2 is 2.05 bits per heavy atom. The number of aromatic nitrogens is 1. The Balaban J connectivity index is 1.58. The van der Waals surface area contributed by atoms with Crippen LogP contribution in [0.15, 0.2) is 0 Å². The standard InChI is InChI=1S/C15H21N3O3S/c1-11-13(8-19)16-12-2-3-18(15(20)14(11)12)10-22-9-17-4-6-21-7-5-17/h8,16H,2-7,9-10H2,1H3. The molecule has 0 spiro atoms. The molecule has 1 fully saturated rings. The molecule has 0 aromatic carbocycles. The minimum absolute atomic E-state index is 0.0394. The van der Waals surface area contributed by atoms with E-state index >= 15 is 0 Å². The van der Waals surface area contributed by atoms with Crippen molar-refractivity contribution >= 4 is 24.0 Å². The van der Waals surface area contributed by atoms with E-state index in [1.165, 1.54) is 0 Å². The Morgan fingerprint density at radius 3 is 2.77 bits per heavy atom. The summed E-state index contributed by atoms with van der Waals surface area (Å²) in [4.78, 5) is 30.9. The number of nitrogens with zero attached hydrogens (tertiary/aromatic N) is 2. The Labute approximate surface area is 134 Å². The number of carbonyl (C=O) groups excluding carboxylic acids is 2. The van der Waals surface area contributed by atoms with Crippen LogP contribution in [0.5, 0.6) is 0 Å². The highest BCUT2D eigenvalue weighted by molar-refractivity contribution is 7.99. The second-order valence-corrected chi connectivity index (χ2v) is 6.57. The summed E-state index contributed by atoms with van der Waals surface area (Å²) in [6.45, 7) is 6.06. The molecule has 0 atom stereocenters.